The lowest BCUT2D eigenvalue weighted by Gasteiger charge is -2.00. The van der Waals surface area contributed by atoms with Crippen LogP contribution in [0.25, 0.3) is 0 Å². The molecule has 0 saturated carbocycles. The van der Waals surface area contributed by atoms with Gasteiger partial charge in [0, 0.05) is 0 Å². The van der Waals surface area contributed by atoms with Crippen molar-refractivity contribution in [3.05, 3.63) is 35.7 Å². The second-order valence-corrected chi connectivity index (χ2v) is 3.34. The number of hydrogen-bond acceptors (Lipinski definition) is 0. The summed E-state index contributed by atoms with van der Waals surface area (Å²) in [7, 11) is 0. The second kappa shape index (κ2) is 4.24. The average Bonchev–Trinajstić information content (AvgIpc) is 2.11. The molecule has 66 valence electrons. The van der Waals surface area contributed by atoms with Crippen LogP contribution in [0.3, 0.4) is 0 Å². The zero-order chi connectivity index (χ0) is 8.97. The first kappa shape index (κ1) is 9.24. The molecule has 0 unspecified atom stereocenters. The van der Waals surface area contributed by atoms with E-state index in [1.165, 1.54) is 11.6 Å². The molecule has 0 heterocycles. The maximum atomic E-state index is 13.1. The molecule has 0 saturated heterocycles. The Morgan fingerprint density at radius 2 is 1.92 bits per heavy atom. The molecule has 0 fully saturated rings. The normalized spacial score (nSPS) is 29.0. The van der Waals surface area contributed by atoms with E-state index in [9.17, 15) is 4.39 Å². The van der Waals surface area contributed by atoms with Gasteiger partial charge in [0.2, 0.25) is 0 Å². The summed E-state index contributed by atoms with van der Waals surface area (Å²) in [6.07, 6.45) is 7.45. The van der Waals surface area contributed by atoms with Gasteiger partial charge in [0.05, 0.1) is 0 Å². The predicted octanol–water partition coefficient (Wildman–Crippen LogP) is 3.92. The van der Waals surface area contributed by atoms with Crippen LogP contribution in [-0.4, -0.2) is 0 Å². The molecular formula is C11H15F. The van der Waals surface area contributed by atoms with E-state index in [1.54, 1.807) is 0 Å². The molecule has 12 heavy (non-hydrogen) atoms. The van der Waals surface area contributed by atoms with Crippen LogP contribution in [0.1, 0.15) is 32.6 Å². The van der Waals surface area contributed by atoms with Crippen molar-refractivity contribution in [1.29, 1.82) is 0 Å². The van der Waals surface area contributed by atoms with Crippen molar-refractivity contribution in [2.24, 2.45) is 0 Å². The maximum absolute atomic E-state index is 13.1. The third-order valence-electron chi connectivity index (χ3n) is 2.15. The number of halogens is 1. The number of hydrogen-bond donors (Lipinski definition) is 0. The molecule has 0 spiro atoms. The molecule has 1 heteroatoms. The molecule has 0 aromatic heterocycles. The van der Waals surface area contributed by atoms with Gasteiger partial charge in [-0.15, -0.1) is 0 Å². The lowest BCUT2D eigenvalue weighted by atomic mass is 10.1. The van der Waals surface area contributed by atoms with Crippen LogP contribution in [0.15, 0.2) is 35.7 Å². The monoisotopic (exact) mass is 166 g/mol. The zero-order valence-corrected chi connectivity index (χ0v) is 7.57. The topological polar surface area (TPSA) is 0 Å². The highest BCUT2D eigenvalue weighted by Crippen LogP contribution is 2.21. The molecule has 0 aromatic carbocycles. The van der Waals surface area contributed by atoms with Crippen LogP contribution in [-0.2, 0) is 0 Å². The van der Waals surface area contributed by atoms with Gasteiger partial charge in [0.25, 0.3) is 0 Å². The molecule has 0 bridgehead atoms. The van der Waals surface area contributed by atoms with Crippen LogP contribution in [0.5, 0.6) is 0 Å². The van der Waals surface area contributed by atoms with Crippen LogP contribution in [0.4, 0.5) is 4.39 Å². The zero-order valence-electron chi connectivity index (χ0n) is 7.57. The van der Waals surface area contributed by atoms with E-state index in [-0.39, 0.29) is 5.83 Å². The van der Waals surface area contributed by atoms with Crippen molar-refractivity contribution in [3.63, 3.8) is 0 Å². The van der Waals surface area contributed by atoms with Crippen molar-refractivity contribution in [2.75, 3.05) is 0 Å². The lowest BCUT2D eigenvalue weighted by molar-refractivity contribution is 0.628. The van der Waals surface area contributed by atoms with Crippen molar-refractivity contribution in [1.82, 2.24) is 0 Å². The van der Waals surface area contributed by atoms with E-state index in [0.29, 0.717) is 5.57 Å². The smallest absolute Gasteiger partial charge is 0.125 e. The van der Waals surface area contributed by atoms with Crippen molar-refractivity contribution < 1.29 is 4.39 Å². The second-order valence-electron chi connectivity index (χ2n) is 3.34. The molecule has 0 radical (unpaired) electrons. The first-order valence-corrected chi connectivity index (χ1v) is 4.41. The molecule has 0 nitrogen and oxygen atoms in total. The Labute approximate surface area is 73.5 Å². The van der Waals surface area contributed by atoms with Crippen LogP contribution in [0, 0.1) is 0 Å². The Kier molecular flexibility index (Phi) is 3.27. The summed E-state index contributed by atoms with van der Waals surface area (Å²) in [5.74, 6) is -0.156. The SMILES string of the molecule is C=C1CCCC/C(C)=C\C=C/1F. The highest BCUT2D eigenvalue weighted by atomic mass is 19.1. The summed E-state index contributed by atoms with van der Waals surface area (Å²) in [6.45, 7) is 5.73. The highest BCUT2D eigenvalue weighted by molar-refractivity contribution is 5.27. The molecule has 0 amide bonds. The largest absolute Gasteiger partial charge is 0.207 e. The third kappa shape index (κ3) is 2.65. The van der Waals surface area contributed by atoms with Gasteiger partial charge >= 0.3 is 0 Å². The summed E-state index contributed by atoms with van der Waals surface area (Å²) in [5.41, 5.74) is 1.89. The Hall–Kier alpha value is -0.850. The summed E-state index contributed by atoms with van der Waals surface area (Å²) in [4.78, 5) is 0. The molecule has 0 aromatic rings. The fourth-order valence-corrected chi connectivity index (χ4v) is 1.28. The summed E-state index contributed by atoms with van der Waals surface area (Å²) < 4.78 is 13.1. The maximum Gasteiger partial charge on any atom is 0.125 e. The molecular weight excluding hydrogens is 151 g/mol. The van der Waals surface area contributed by atoms with Gasteiger partial charge < -0.3 is 0 Å². The van der Waals surface area contributed by atoms with E-state index in [2.05, 4.69) is 6.58 Å². The molecule has 0 N–H and O–H groups in total. The number of allylic oxidation sites excluding steroid dienone is 5. The van der Waals surface area contributed by atoms with E-state index in [0.717, 1.165) is 25.7 Å². The van der Waals surface area contributed by atoms with Crippen LogP contribution < -0.4 is 0 Å². The van der Waals surface area contributed by atoms with E-state index in [1.807, 2.05) is 13.0 Å². The molecule has 1 rings (SSSR count). The third-order valence-corrected chi connectivity index (χ3v) is 2.15. The van der Waals surface area contributed by atoms with Gasteiger partial charge in [-0.2, -0.15) is 0 Å². The molecule has 1 aliphatic rings. The van der Waals surface area contributed by atoms with Crippen molar-refractivity contribution in [3.8, 4) is 0 Å². The quantitative estimate of drug-likeness (QED) is 0.511. The van der Waals surface area contributed by atoms with E-state index < -0.39 is 0 Å². The minimum Gasteiger partial charge on any atom is -0.207 e. The van der Waals surface area contributed by atoms with Crippen LogP contribution in [0.2, 0.25) is 0 Å². The van der Waals surface area contributed by atoms with Crippen molar-refractivity contribution >= 4 is 0 Å². The van der Waals surface area contributed by atoms with Gasteiger partial charge in [-0.25, -0.2) is 4.39 Å². The van der Waals surface area contributed by atoms with Gasteiger partial charge in [0.15, 0.2) is 0 Å². The Balaban J connectivity index is 2.75. The first-order valence-electron chi connectivity index (χ1n) is 4.41. The fourth-order valence-electron chi connectivity index (χ4n) is 1.28. The Morgan fingerprint density at radius 1 is 1.25 bits per heavy atom. The Bertz CT molecular complexity index is 233. The lowest BCUT2D eigenvalue weighted by Crippen LogP contribution is -1.82. The summed E-state index contributed by atoms with van der Waals surface area (Å²) in [6, 6.07) is 0. The molecule has 0 aliphatic heterocycles. The summed E-state index contributed by atoms with van der Waals surface area (Å²) in [5, 5.41) is 0. The number of rotatable bonds is 0. The van der Waals surface area contributed by atoms with Crippen molar-refractivity contribution in [2.45, 2.75) is 32.6 Å². The standard InChI is InChI=1S/C11H15F/c1-9-5-3-4-6-10(2)11(12)8-7-9/h7-8H,2-6H2,1H3/b9-7-,11-8+. The van der Waals surface area contributed by atoms with Gasteiger partial charge in [-0.05, 0) is 44.3 Å². The first-order chi connectivity index (χ1) is 5.70. The Morgan fingerprint density at radius 3 is 2.67 bits per heavy atom. The molecule has 0 atom stereocenters. The van der Waals surface area contributed by atoms with Gasteiger partial charge in [-0.3, -0.25) is 0 Å². The van der Waals surface area contributed by atoms with Crippen LogP contribution >= 0.6 is 0 Å². The fraction of sp³-hybridized carbons (Fsp3) is 0.455. The average molecular weight is 166 g/mol. The van der Waals surface area contributed by atoms with Gasteiger partial charge in [0.1, 0.15) is 5.83 Å². The minimum absolute atomic E-state index is 0.156. The minimum atomic E-state index is -0.156. The van der Waals surface area contributed by atoms with E-state index in [4.69, 9.17) is 0 Å². The summed E-state index contributed by atoms with van der Waals surface area (Å²) >= 11 is 0. The van der Waals surface area contributed by atoms with Gasteiger partial charge in [-0.1, -0.05) is 18.2 Å². The predicted molar refractivity (Wildman–Crippen MR) is 50.6 cm³/mol. The molecule has 1 aliphatic carbocycles. The van der Waals surface area contributed by atoms with E-state index >= 15 is 0 Å². The highest BCUT2D eigenvalue weighted by Gasteiger charge is 2.03.